The van der Waals surface area contributed by atoms with E-state index in [9.17, 15) is 9.59 Å². The minimum atomic E-state index is -0.506. The zero-order valence-corrected chi connectivity index (χ0v) is 14.7. The predicted molar refractivity (Wildman–Crippen MR) is 103 cm³/mol. The molecule has 1 amide bonds. The fourth-order valence-corrected chi connectivity index (χ4v) is 2.74. The Bertz CT molecular complexity index is 1030. The normalized spacial score (nSPS) is 11.2. The van der Waals surface area contributed by atoms with Crippen LogP contribution < -0.4 is 11.3 Å². The number of aromatic amines is 1. The van der Waals surface area contributed by atoms with Crippen molar-refractivity contribution < 1.29 is 4.79 Å². The van der Waals surface area contributed by atoms with Gasteiger partial charge in [0.25, 0.3) is 5.56 Å². The molecule has 0 unspecified atom stereocenters. The molecule has 0 aliphatic rings. The van der Waals surface area contributed by atoms with Crippen molar-refractivity contribution in [2.75, 3.05) is 0 Å². The highest BCUT2D eigenvalue weighted by atomic mass is 16.1. The highest BCUT2D eigenvalue weighted by Crippen LogP contribution is 2.19. The molecular weight excluding hydrogens is 328 g/mol. The molecule has 26 heavy (non-hydrogen) atoms. The standard InChI is InChI=1S/C20H20N4O2/c1-3-14-6-4-5-7-18(14)22-12-17-13(2)23-24(20(17)26)16-10-8-15(9-11-16)19(21)25/h4-12,23H,3H2,1-2H3,(H2,21,25). The third-order valence-electron chi connectivity index (χ3n) is 4.23. The van der Waals surface area contributed by atoms with Crippen LogP contribution in [0.1, 0.15) is 34.1 Å². The first-order valence-corrected chi connectivity index (χ1v) is 8.35. The second-order valence-corrected chi connectivity index (χ2v) is 5.94. The van der Waals surface area contributed by atoms with Crippen LogP contribution in [0, 0.1) is 6.92 Å². The molecule has 6 heteroatoms. The van der Waals surface area contributed by atoms with E-state index in [0.717, 1.165) is 17.7 Å². The van der Waals surface area contributed by atoms with Crippen LogP contribution in [0.3, 0.4) is 0 Å². The lowest BCUT2D eigenvalue weighted by Gasteiger charge is -2.02. The molecule has 1 aromatic heterocycles. The molecule has 6 nitrogen and oxygen atoms in total. The number of aliphatic imine (C=N–C) groups is 1. The Balaban J connectivity index is 1.97. The van der Waals surface area contributed by atoms with Gasteiger partial charge in [0.1, 0.15) is 0 Å². The number of hydrogen-bond donors (Lipinski definition) is 2. The smallest absolute Gasteiger partial charge is 0.280 e. The average molecular weight is 348 g/mol. The quantitative estimate of drug-likeness (QED) is 0.694. The number of amides is 1. The highest BCUT2D eigenvalue weighted by Gasteiger charge is 2.11. The lowest BCUT2D eigenvalue weighted by atomic mass is 10.1. The molecule has 0 atom stereocenters. The van der Waals surface area contributed by atoms with Crippen LogP contribution in [-0.2, 0) is 6.42 Å². The minimum Gasteiger partial charge on any atom is -0.366 e. The maximum atomic E-state index is 12.7. The summed E-state index contributed by atoms with van der Waals surface area (Å²) >= 11 is 0. The highest BCUT2D eigenvalue weighted by molar-refractivity contribution is 5.92. The monoisotopic (exact) mass is 348 g/mol. The number of carbonyl (C=O) groups excluding carboxylic acids is 1. The van der Waals surface area contributed by atoms with Crippen molar-refractivity contribution in [3.8, 4) is 5.69 Å². The number of nitrogens with one attached hydrogen (secondary N) is 1. The summed E-state index contributed by atoms with van der Waals surface area (Å²) in [6, 6.07) is 14.4. The second kappa shape index (κ2) is 7.23. The third-order valence-corrected chi connectivity index (χ3v) is 4.23. The molecule has 2 aromatic carbocycles. The summed E-state index contributed by atoms with van der Waals surface area (Å²) in [4.78, 5) is 28.4. The van der Waals surface area contributed by atoms with E-state index in [-0.39, 0.29) is 5.56 Å². The second-order valence-electron chi connectivity index (χ2n) is 5.94. The number of nitrogens with two attached hydrogens (primary N) is 1. The average Bonchev–Trinajstić information content (AvgIpc) is 2.94. The van der Waals surface area contributed by atoms with Crippen molar-refractivity contribution in [3.63, 3.8) is 0 Å². The molecule has 0 radical (unpaired) electrons. The van der Waals surface area contributed by atoms with E-state index in [1.807, 2.05) is 31.2 Å². The van der Waals surface area contributed by atoms with Gasteiger partial charge in [0, 0.05) is 17.5 Å². The van der Waals surface area contributed by atoms with Gasteiger partial charge in [-0.05, 0) is 49.2 Å². The van der Waals surface area contributed by atoms with Gasteiger partial charge in [-0.25, -0.2) is 4.68 Å². The number of aryl methyl sites for hydroxylation is 2. The topological polar surface area (TPSA) is 93.2 Å². The molecule has 132 valence electrons. The van der Waals surface area contributed by atoms with Gasteiger partial charge in [-0.2, -0.15) is 0 Å². The maximum Gasteiger partial charge on any atom is 0.280 e. The summed E-state index contributed by atoms with van der Waals surface area (Å²) < 4.78 is 1.42. The number of nitrogens with zero attached hydrogens (tertiary/aromatic N) is 2. The van der Waals surface area contributed by atoms with Crippen LogP contribution in [0.15, 0.2) is 58.3 Å². The Kier molecular flexibility index (Phi) is 4.84. The lowest BCUT2D eigenvalue weighted by molar-refractivity contribution is 0.100. The van der Waals surface area contributed by atoms with Gasteiger partial charge >= 0.3 is 0 Å². The number of carbonyl (C=O) groups is 1. The van der Waals surface area contributed by atoms with Crippen molar-refractivity contribution >= 4 is 17.8 Å². The van der Waals surface area contributed by atoms with E-state index in [2.05, 4.69) is 17.0 Å². The molecule has 0 saturated carbocycles. The molecule has 3 aromatic rings. The van der Waals surface area contributed by atoms with E-state index in [1.54, 1.807) is 30.5 Å². The SMILES string of the molecule is CCc1ccccc1N=Cc1c(C)[nH]n(-c2ccc(C(N)=O)cc2)c1=O. The first kappa shape index (κ1) is 17.4. The summed E-state index contributed by atoms with van der Waals surface area (Å²) in [5.74, 6) is -0.506. The lowest BCUT2D eigenvalue weighted by Crippen LogP contribution is -2.17. The van der Waals surface area contributed by atoms with Crippen LogP contribution in [0.2, 0.25) is 0 Å². The van der Waals surface area contributed by atoms with Crippen molar-refractivity contribution in [2.45, 2.75) is 20.3 Å². The molecule has 1 heterocycles. The number of benzene rings is 2. The molecule has 0 aliphatic carbocycles. The summed E-state index contributed by atoms with van der Waals surface area (Å²) in [5, 5.41) is 3.04. The maximum absolute atomic E-state index is 12.7. The Morgan fingerprint density at radius 2 is 1.88 bits per heavy atom. The van der Waals surface area contributed by atoms with Gasteiger partial charge < -0.3 is 5.73 Å². The van der Waals surface area contributed by atoms with Crippen LogP contribution in [0.5, 0.6) is 0 Å². The van der Waals surface area contributed by atoms with Gasteiger partial charge in [0.05, 0.1) is 16.9 Å². The number of H-pyrrole nitrogens is 1. The van der Waals surface area contributed by atoms with Crippen LogP contribution in [-0.4, -0.2) is 21.9 Å². The summed E-state index contributed by atoms with van der Waals surface area (Å²) in [6.07, 6.45) is 2.47. The van der Waals surface area contributed by atoms with Gasteiger partial charge in [-0.1, -0.05) is 25.1 Å². The Morgan fingerprint density at radius 3 is 2.54 bits per heavy atom. The van der Waals surface area contributed by atoms with Crippen molar-refractivity contribution in [1.82, 2.24) is 9.78 Å². The number of para-hydroxylation sites is 1. The number of rotatable bonds is 5. The van der Waals surface area contributed by atoms with E-state index < -0.39 is 5.91 Å². The molecule has 0 aliphatic heterocycles. The van der Waals surface area contributed by atoms with Crippen molar-refractivity contribution in [1.29, 1.82) is 0 Å². The van der Waals surface area contributed by atoms with Crippen LogP contribution in [0.25, 0.3) is 5.69 Å². The Labute approximate surface area is 151 Å². The number of primary amides is 1. The summed E-state index contributed by atoms with van der Waals surface area (Å²) in [5.41, 5.74) is 9.25. The fourth-order valence-electron chi connectivity index (χ4n) is 2.74. The minimum absolute atomic E-state index is 0.202. The molecule has 0 spiro atoms. The first-order valence-electron chi connectivity index (χ1n) is 8.35. The molecule has 0 bridgehead atoms. The van der Waals surface area contributed by atoms with E-state index in [4.69, 9.17) is 5.73 Å². The van der Waals surface area contributed by atoms with E-state index in [1.165, 1.54) is 4.68 Å². The zero-order chi connectivity index (χ0) is 18.7. The van der Waals surface area contributed by atoms with E-state index >= 15 is 0 Å². The van der Waals surface area contributed by atoms with Crippen molar-refractivity contribution in [3.05, 3.63) is 81.3 Å². The molecule has 3 rings (SSSR count). The molecule has 0 fully saturated rings. The van der Waals surface area contributed by atoms with Gasteiger partial charge in [0.15, 0.2) is 0 Å². The van der Waals surface area contributed by atoms with Gasteiger partial charge in [-0.3, -0.25) is 19.7 Å². The fraction of sp³-hybridized carbons (Fsp3) is 0.150. The third kappa shape index (κ3) is 3.35. The molecule has 0 saturated heterocycles. The van der Waals surface area contributed by atoms with Gasteiger partial charge in [0.2, 0.25) is 5.91 Å². The zero-order valence-electron chi connectivity index (χ0n) is 14.7. The summed E-state index contributed by atoms with van der Waals surface area (Å²) in [7, 11) is 0. The van der Waals surface area contributed by atoms with Crippen molar-refractivity contribution in [2.24, 2.45) is 10.7 Å². The largest absolute Gasteiger partial charge is 0.366 e. The Hall–Kier alpha value is -3.41. The molecule has 3 N–H and O–H groups in total. The number of hydrogen-bond acceptors (Lipinski definition) is 3. The Morgan fingerprint density at radius 1 is 1.19 bits per heavy atom. The number of aromatic nitrogens is 2. The summed E-state index contributed by atoms with van der Waals surface area (Å²) in [6.45, 7) is 3.89. The van der Waals surface area contributed by atoms with Gasteiger partial charge in [-0.15, -0.1) is 0 Å². The van der Waals surface area contributed by atoms with Crippen LogP contribution >= 0.6 is 0 Å². The van der Waals surface area contributed by atoms with Crippen LogP contribution in [0.4, 0.5) is 5.69 Å². The first-order chi connectivity index (χ1) is 12.5. The predicted octanol–water partition coefficient (Wildman–Crippen LogP) is 2.89. The van der Waals surface area contributed by atoms with E-state index in [0.29, 0.717) is 22.5 Å². The molecular formula is C20H20N4O2.